The van der Waals surface area contributed by atoms with Gasteiger partial charge in [0.15, 0.2) is 11.8 Å². The van der Waals surface area contributed by atoms with Crippen LogP contribution in [0.1, 0.15) is 57.2 Å². The highest BCUT2D eigenvalue weighted by molar-refractivity contribution is 6.11. The van der Waals surface area contributed by atoms with Crippen LogP contribution in [-0.2, 0) is 17.9 Å². The van der Waals surface area contributed by atoms with Crippen LogP contribution in [0.2, 0.25) is 0 Å². The van der Waals surface area contributed by atoms with Gasteiger partial charge in [-0.3, -0.25) is 0 Å². The van der Waals surface area contributed by atoms with Crippen LogP contribution in [0.4, 0.5) is 4.39 Å². The van der Waals surface area contributed by atoms with Gasteiger partial charge in [-0.2, -0.15) is 0 Å². The molecule has 0 bridgehead atoms. The Morgan fingerprint density at radius 3 is 2.39 bits per heavy atom. The van der Waals surface area contributed by atoms with E-state index in [1.54, 1.807) is 0 Å². The van der Waals surface area contributed by atoms with Crippen molar-refractivity contribution >= 4 is 22.1 Å². The van der Waals surface area contributed by atoms with Crippen molar-refractivity contribution < 1.29 is 13.4 Å². The summed E-state index contributed by atoms with van der Waals surface area (Å²) in [5, 5.41) is 2.27. The van der Waals surface area contributed by atoms with Gasteiger partial charge in [-0.05, 0) is 70.5 Å². The molecule has 4 heteroatoms. The molecule has 3 heterocycles. The zero-order valence-electron chi connectivity index (χ0n) is 21.9. The molecule has 3 nitrogen and oxygen atoms in total. The Morgan fingerprint density at radius 1 is 0.917 bits per heavy atom. The summed E-state index contributed by atoms with van der Waals surface area (Å²) in [6.45, 7) is 11.5. The summed E-state index contributed by atoms with van der Waals surface area (Å²) >= 11 is 0. The maximum Gasteiger partial charge on any atom is 0.227 e. The summed E-state index contributed by atoms with van der Waals surface area (Å²) in [4.78, 5) is 4.84. The average Bonchev–Trinajstić information content (AvgIpc) is 3.21. The van der Waals surface area contributed by atoms with Gasteiger partial charge >= 0.3 is 0 Å². The van der Waals surface area contributed by atoms with Crippen LogP contribution in [0, 0.1) is 12.7 Å². The topological polar surface area (TPSA) is 29.9 Å². The first-order valence-corrected chi connectivity index (χ1v) is 12.7. The Balaban J connectivity index is 1.66. The lowest BCUT2D eigenvalue weighted by Gasteiger charge is -2.41. The fraction of sp³-hybridized carbons (Fsp3) is 0.312. The molecular weight excluding hydrogens is 447 g/mol. The third-order valence-corrected chi connectivity index (χ3v) is 8.24. The van der Waals surface area contributed by atoms with E-state index in [-0.39, 0.29) is 16.6 Å². The Morgan fingerprint density at radius 2 is 1.64 bits per heavy atom. The van der Waals surface area contributed by atoms with E-state index in [9.17, 15) is 4.39 Å². The minimum Gasteiger partial charge on any atom is -0.437 e. The van der Waals surface area contributed by atoms with E-state index >= 15 is 0 Å². The summed E-state index contributed by atoms with van der Waals surface area (Å²) in [6, 6.07) is 15.3. The number of pyridine rings is 2. The lowest BCUT2D eigenvalue weighted by molar-refractivity contribution is -0.660. The summed E-state index contributed by atoms with van der Waals surface area (Å²) in [6.07, 6.45) is 6.38. The Hall–Kier alpha value is -3.53. The van der Waals surface area contributed by atoms with E-state index in [0.717, 1.165) is 57.1 Å². The van der Waals surface area contributed by atoms with Gasteiger partial charge in [0.1, 0.15) is 12.9 Å². The average molecular weight is 480 g/mol. The molecule has 0 spiro atoms. The first kappa shape index (κ1) is 22.9. The van der Waals surface area contributed by atoms with Gasteiger partial charge in [0, 0.05) is 23.7 Å². The molecule has 0 fully saturated rings. The van der Waals surface area contributed by atoms with E-state index < -0.39 is 0 Å². The predicted octanol–water partition coefficient (Wildman–Crippen LogP) is 7.94. The van der Waals surface area contributed by atoms with Crippen molar-refractivity contribution in [3.8, 4) is 22.4 Å². The molecule has 0 aliphatic heterocycles. The molecule has 0 radical (unpaired) electrons. The molecule has 6 rings (SSSR count). The van der Waals surface area contributed by atoms with Crippen LogP contribution in [0.15, 0.2) is 65.3 Å². The van der Waals surface area contributed by atoms with E-state index in [2.05, 4.69) is 76.7 Å². The SMILES string of the molecule is Cc1ccc2c(oc3ncc4c(c32)C(C)(C)CCC4(C)C)c1-c1cc(-c2ccc(F)cc2)cc[n+]1C. The van der Waals surface area contributed by atoms with Crippen LogP contribution in [-0.4, -0.2) is 4.98 Å². The molecule has 0 saturated carbocycles. The number of aromatic nitrogens is 2. The number of benzene rings is 2. The van der Waals surface area contributed by atoms with Crippen LogP contribution in [0.25, 0.3) is 44.5 Å². The first-order valence-electron chi connectivity index (χ1n) is 12.7. The van der Waals surface area contributed by atoms with Crippen molar-refractivity contribution in [2.75, 3.05) is 0 Å². The van der Waals surface area contributed by atoms with E-state index in [4.69, 9.17) is 9.40 Å². The Bertz CT molecular complexity index is 1660. The number of aryl methyl sites for hydroxylation is 2. The molecule has 0 unspecified atom stereocenters. The summed E-state index contributed by atoms with van der Waals surface area (Å²) < 4.78 is 22.3. The number of hydrogen-bond donors (Lipinski definition) is 0. The second-order valence-electron chi connectivity index (χ2n) is 11.6. The van der Waals surface area contributed by atoms with Crippen molar-refractivity contribution in [1.29, 1.82) is 0 Å². The first-order chi connectivity index (χ1) is 17.1. The number of hydrogen-bond acceptors (Lipinski definition) is 2. The zero-order valence-corrected chi connectivity index (χ0v) is 21.9. The predicted molar refractivity (Wildman–Crippen MR) is 144 cm³/mol. The van der Waals surface area contributed by atoms with Crippen LogP contribution < -0.4 is 4.57 Å². The molecule has 0 amide bonds. The van der Waals surface area contributed by atoms with E-state index in [0.29, 0.717) is 5.71 Å². The fourth-order valence-electron chi connectivity index (χ4n) is 5.96. The summed E-state index contributed by atoms with van der Waals surface area (Å²) in [7, 11) is 2.05. The largest absolute Gasteiger partial charge is 0.437 e. The van der Waals surface area contributed by atoms with Crippen LogP contribution in [0.3, 0.4) is 0 Å². The lowest BCUT2D eigenvalue weighted by atomic mass is 9.63. The quantitative estimate of drug-likeness (QED) is 0.241. The van der Waals surface area contributed by atoms with Gasteiger partial charge in [-0.1, -0.05) is 52.0 Å². The molecule has 0 N–H and O–H groups in total. The molecule has 5 aromatic rings. The van der Waals surface area contributed by atoms with Crippen molar-refractivity contribution in [3.63, 3.8) is 0 Å². The van der Waals surface area contributed by atoms with Gasteiger partial charge in [-0.25, -0.2) is 13.9 Å². The standard InChI is InChI=1S/C32H32FN2O/c1-19-7-12-23-27-28-24(31(2,3)14-15-32(28,4)5)18-34-30(27)36-29(23)26(19)25-17-21(13-16-35(25)6)20-8-10-22(33)11-9-20/h7-13,16-18H,14-15H2,1-6H3/q+1. The number of nitrogens with zero attached hydrogens (tertiary/aromatic N) is 2. The zero-order chi connectivity index (χ0) is 25.4. The van der Waals surface area contributed by atoms with Gasteiger partial charge < -0.3 is 4.42 Å². The van der Waals surface area contributed by atoms with Crippen molar-refractivity contribution in [2.45, 2.75) is 58.3 Å². The third-order valence-electron chi connectivity index (χ3n) is 8.24. The molecule has 0 atom stereocenters. The van der Waals surface area contributed by atoms with Crippen LogP contribution >= 0.6 is 0 Å². The fourth-order valence-corrected chi connectivity index (χ4v) is 5.96. The molecule has 3 aromatic heterocycles. The number of halogens is 1. The maximum atomic E-state index is 13.5. The van der Waals surface area contributed by atoms with Gasteiger partial charge in [0.05, 0.1) is 10.9 Å². The minimum absolute atomic E-state index is 0.0427. The number of furan rings is 1. The normalized spacial score (nSPS) is 16.4. The van der Waals surface area contributed by atoms with Crippen LogP contribution in [0.5, 0.6) is 0 Å². The van der Waals surface area contributed by atoms with Crippen molar-refractivity contribution in [2.24, 2.45) is 7.05 Å². The molecule has 182 valence electrons. The van der Waals surface area contributed by atoms with E-state index in [1.807, 2.05) is 18.3 Å². The lowest BCUT2D eigenvalue weighted by Crippen LogP contribution is -2.34. The maximum absolute atomic E-state index is 13.5. The molecule has 2 aromatic carbocycles. The van der Waals surface area contributed by atoms with Crippen molar-refractivity contribution in [1.82, 2.24) is 4.98 Å². The van der Waals surface area contributed by atoms with Gasteiger partial charge in [0.2, 0.25) is 11.4 Å². The highest BCUT2D eigenvalue weighted by Gasteiger charge is 2.40. The smallest absolute Gasteiger partial charge is 0.227 e. The van der Waals surface area contributed by atoms with Crippen molar-refractivity contribution in [3.05, 3.63) is 83.4 Å². The minimum atomic E-state index is -0.231. The molecule has 1 aliphatic rings. The molecule has 0 saturated heterocycles. The highest BCUT2D eigenvalue weighted by atomic mass is 19.1. The summed E-state index contributed by atoms with van der Waals surface area (Å²) in [5.74, 6) is -0.231. The number of fused-ring (bicyclic) bond motifs is 5. The Labute approximate surface area is 211 Å². The summed E-state index contributed by atoms with van der Waals surface area (Å²) in [5.41, 5.74) is 9.69. The number of rotatable bonds is 2. The monoisotopic (exact) mass is 479 g/mol. The van der Waals surface area contributed by atoms with Gasteiger partial charge in [0.25, 0.3) is 0 Å². The second kappa shape index (κ2) is 7.73. The third kappa shape index (κ3) is 3.38. The van der Waals surface area contributed by atoms with E-state index in [1.165, 1.54) is 23.3 Å². The Kier molecular flexibility index (Phi) is 4.92. The molecular formula is C32H32FN2O+. The second-order valence-corrected chi connectivity index (χ2v) is 11.6. The molecule has 36 heavy (non-hydrogen) atoms. The van der Waals surface area contributed by atoms with Gasteiger partial charge in [-0.15, -0.1) is 0 Å². The highest BCUT2D eigenvalue weighted by Crippen LogP contribution is 2.50. The molecule has 1 aliphatic carbocycles.